The summed E-state index contributed by atoms with van der Waals surface area (Å²) in [6.07, 6.45) is 4.52. The van der Waals surface area contributed by atoms with Crippen LogP contribution in [-0.2, 0) is 37.6 Å². The van der Waals surface area contributed by atoms with Crippen LogP contribution in [0.5, 0.6) is 0 Å². The molecule has 172 valence electrons. The second-order valence-electron chi connectivity index (χ2n) is 10.2. The van der Waals surface area contributed by atoms with Crippen molar-refractivity contribution in [3.05, 3.63) is 71.8 Å². The molecule has 0 N–H and O–H groups in total. The van der Waals surface area contributed by atoms with Gasteiger partial charge in [0, 0.05) is 0 Å². The van der Waals surface area contributed by atoms with E-state index in [9.17, 15) is 0 Å². The summed E-state index contributed by atoms with van der Waals surface area (Å²) in [5.74, 6) is 0. The van der Waals surface area contributed by atoms with Crippen LogP contribution in [0.1, 0.15) is 78.4 Å². The Hall–Kier alpha value is -0.757. The predicted molar refractivity (Wildman–Crippen MR) is 130 cm³/mol. The Balaban J connectivity index is 2.40. The Labute approximate surface area is 197 Å². The first-order chi connectivity index (χ1) is 14.7. The van der Waals surface area contributed by atoms with Crippen LogP contribution in [0.2, 0.25) is 8.26 Å². The van der Waals surface area contributed by atoms with Crippen molar-refractivity contribution >= 4 is 0 Å². The topological polar surface area (TPSA) is 18.5 Å². The normalized spacial score (nSPS) is 12.8. The SMILES string of the molecule is CCCC[O][Zr]([CH2]C(C)(C)c1ccccc1)([CH2]C(C)(C)c1ccccc1)[O]CCCC. The van der Waals surface area contributed by atoms with Gasteiger partial charge in [-0.1, -0.05) is 0 Å². The zero-order chi connectivity index (χ0) is 22.8. The maximum absolute atomic E-state index is 6.92. The molecule has 0 aliphatic carbocycles. The molecule has 0 unspecified atom stereocenters. The van der Waals surface area contributed by atoms with E-state index < -0.39 is 21.1 Å². The van der Waals surface area contributed by atoms with E-state index in [0.717, 1.165) is 47.2 Å². The molecule has 0 saturated carbocycles. The van der Waals surface area contributed by atoms with E-state index in [0.29, 0.717) is 0 Å². The van der Waals surface area contributed by atoms with Crippen LogP contribution in [0.25, 0.3) is 0 Å². The number of hydrogen-bond donors (Lipinski definition) is 0. The second kappa shape index (κ2) is 12.5. The average Bonchev–Trinajstić information content (AvgIpc) is 2.75. The Kier molecular flexibility index (Phi) is 10.7. The summed E-state index contributed by atoms with van der Waals surface area (Å²) in [6.45, 7) is 15.6. The third-order valence-corrected chi connectivity index (χ3v) is 16.8. The Morgan fingerprint density at radius 3 is 1.29 bits per heavy atom. The first-order valence-corrected chi connectivity index (χ1v) is 17.6. The van der Waals surface area contributed by atoms with Crippen LogP contribution < -0.4 is 0 Å². The van der Waals surface area contributed by atoms with Crippen molar-refractivity contribution in [1.82, 2.24) is 0 Å². The Morgan fingerprint density at radius 2 is 0.968 bits per heavy atom. The molecule has 0 amide bonds. The van der Waals surface area contributed by atoms with Crippen LogP contribution in [0.4, 0.5) is 0 Å². The van der Waals surface area contributed by atoms with Gasteiger partial charge >= 0.3 is 198 Å². The molecule has 0 spiro atoms. The Bertz CT molecular complexity index is 675. The summed E-state index contributed by atoms with van der Waals surface area (Å²) >= 11 is -3.47. The van der Waals surface area contributed by atoms with Gasteiger partial charge in [-0.15, -0.1) is 0 Å². The van der Waals surface area contributed by atoms with Gasteiger partial charge in [0.05, 0.1) is 0 Å². The summed E-state index contributed by atoms with van der Waals surface area (Å²) in [7, 11) is 0. The van der Waals surface area contributed by atoms with Gasteiger partial charge in [0.25, 0.3) is 0 Å². The zero-order valence-electron chi connectivity index (χ0n) is 20.7. The molecule has 0 aliphatic rings. The molecule has 0 aromatic heterocycles. The summed E-state index contributed by atoms with van der Waals surface area (Å²) in [4.78, 5) is 0. The summed E-state index contributed by atoms with van der Waals surface area (Å²) in [6, 6.07) is 21.8. The van der Waals surface area contributed by atoms with Gasteiger partial charge in [0.15, 0.2) is 0 Å². The van der Waals surface area contributed by atoms with Crippen LogP contribution in [0, 0.1) is 0 Å². The molecule has 0 saturated heterocycles. The molecule has 2 nitrogen and oxygen atoms in total. The molecule has 31 heavy (non-hydrogen) atoms. The molecule has 0 aliphatic heterocycles. The fourth-order valence-electron chi connectivity index (χ4n) is 4.44. The first-order valence-electron chi connectivity index (χ1n) is 12.1. The van der Waals surface area contributed by atoms with Crippen LogP contribution in [0.15, 0.2) is 60.7 Å². The van der Waals surface area contributed by atoms with Crippen molar-refractivity contribution in [3.63, 3.8) is 0 Å². The van der Waals surface area contributed by atoms with E-state index in [4.69, 9.17) is 5.63 Å². The minimum absolute atomic E-state index is 0.0303. The van der Waals surface area contributed by atoms with Crippen LogP contribution >= 0.6 is 0 Å². The van der Waals surface area contributed by atoms with Crippen molar-refractivity contribution in [2.75, 3.05) is 13.2 Å². The quantitative estimate of drug-likeness (QED) is 0.241. The molecular formula is C28H44O2Zr. The van der Waals surface area contributed by atoms with Crippen molar-refractivity contribution in [2.24, 2.45) is 0 Å². The van der Waals surface area contributed by atoms with Gasteiger partial charge in [-0.05, 0) is 0 Å². The van der Waals surface area contributed by atoms with Gasteiger partial charge in [0.1, 0.15) is 0 Å². The van der Waals surface area contributed by atoms with Crippen LogP contribution in [0.3, 0.4) is 0 Å². The molecule has 3 heteroatoms. The van der Waals surface area contributed by atoms with Crippen molar-refractivity contribution in [1.29, 1.82) is 0 Å². The average molecular weight is 504 g/mol. The standard InChI is InChI=1S/2C10H13.2C4H9O.Zr/c2*1-10(2,3)9-7-5-4-6-8-9;2*1-2-3-4-5;/h2*4-8H,1H2,2-3H3;2*2-4H2,1H3;/q;;2*-1;+2. The fourth-order valence-corrected chi connectivity index (χ4v) is 16.1. The molecule has 0 atom stereocenters. The fraction of sp³-hybridized carbons (Fsp3) is 0.571. The minimum atomic E-state index is -3.47. The van der Waals surface area contributed by atoms with E-state index in [-0.39, 0.29) is 10.8 Å². The Morgan fingerprint density at radius 1 is 0.613 bits per heavy atom. The molecular weight excluding hydrogens is 460 g/mol. The van der Waals surface area contributed by atoms with E-state index >= 15 is 0 Å². The molecule has 0 fully saturated rings. The second-order valence-corrected chi connectivity index (χ2v) is 17.8. The molecule has 2 aromatic rings. The van der Waals surface area contributed by atoms with E-state index in [1.54, 1.807) is 0 Å². The number of benzene rings is 2. The number of hydrogen-bond acceptors (Lipinski definition) is 2. The van der Waals surface area contributed by atoms with E-state index in [1.165, 1.54) is 11.1 Å². The number of rotatable bonds is 14. The van der Waals surface area contributed by atoms with Crippen LogP contribution in [-0.4, -0.2) is 13.2 Å². The van der Waals surface area contributed by atoms with E-state index in [1.807, 2.05) is 0 Å². The molecule has 0 radical (unpaired) electrons. The zero-order valence-corrected chi connectivity index (χ0v) is 23.2. The van der Waals surface area contributed by atoms with Crippen molar-refractivity contribution in [2.45, 2.75) is 86.3 Å². The van der Waals surface area contributed by atoms with E-state index in [2.05, 4.69) is 102 Å². The molecule has 2 rings (SSSR count). The van der Waals surface area contributed by atoms with Gasteiger partial charge in [-0.2, -0.15) is 0 Å². The monoisotopic (exact) mass is 502 g/mol. The van der Waals surface area contributed by atoms with Gasteiger partial charge in [-0.25, -0.2) is 0 Å². The van der Waals surface area contributed by atoms with Gasteiger partial charge < -0.3 is 0 Å². The maximum atomic E-state index is 6.92. The summed E-state index contributed by atoms with van der Waals surface area (Å²) < 4.78 is 15.9. The molecule has 2 aromatic carbocycles. The van der Waals surface area contributed by atoms with Crippen molar-refractivity contribution < 1.29 is 26.8 Å². The predicted octanol–water partition coefficient (Wildman–Crippen LogP) is 8.40. The summed E-state index contributed by atoms with van der Waals surface area (Å²) in [5, 5.41) is 0. The first kappa shape index (κ1) is 26.5. The third-order valence-electron chi connectivity index (χ3n) is 6.26. The number of unbranched alkanes of at least 4 members (excludes halogenated alkanes) is 2. The van der Waals surface area contributed by atoms with Gasteiger partial charge in [-0.3, -0.25) is 0 Å². The summed E-state index contributed by atoms with van der Waals surface area (Å²) in [5.41, 5.74) is 2.82. The molecule has 0 bridgehead atoms. The third kappa shape index (κ3) is 8.27. The van der Waals surface area contributed by atoms with Crippen molar-refractivity contribution in [3.8, 4) is 0 Å². The molecule has 0 heterocycles. The van der Waals surface area contributed by atoms with Gasteiger partial charge in [0.2, 0.25) is 0 Å².